The van der Waals surface area contributed by atoms with Crippen LogP contribution in [0.4, 0.5) is 9.59 Å². The average molecular weight is 768 g/mol. The fraction of sp³-hybridized carbons (Fsp3) is 0.667. The van der Waals surface area contributed by atoms with Crippen molar-refractivity contribution in [3.63, 3.8) is 0 Å². The van der Waals surface area contributed by atoms with E-state index in [9.17, 15) is 32.4 Å². The second kappa shape index (κ2) is 14.5. The molecule has 54 heavy (non-hydrogen) atoms. The number of hydrogen-bond donors (Lipinski definition) is 3. The minimum Gasteiger partial charge on any atom is -0.444 e. The number of carbonyl (C=O) groups excluding carboxylic acids is 5. The Balaban J connectivity index is 1.14. The quantitative estimate of drug-likeness (QED) is 0.375. The van der Waals surface area contributed by atoms with Gasteiger partial charge < -0.3 is 29.9 Å². The highest BCUT2D eigenvalue weighted by Crippen LogP contribution is 2.49. The lowest BCUT2D eigenvalue weighted by Crippen LogP contribution is -2.58. The summed E-state index contributed by atoms with van der Waals surface area (Å²) in [6.45, 7) is 5.95. The Morgan fingerprint density at radius 3 is 2.46 bits per heavy atom. The standard InChI is InChI=1S/C39H53N5O9S/c1-37(2,3)53-35(48)40-30-15-8-6-4-5-7-13-26-21-39(26,34(47)42-54(50,51)28-16-17-28)41-32(45)31-20-27(23-44(31)33(30)46)52-36(49)43-22-25-12-9-10-14-29(25)38(24-43)18-11-19-38/h7,9-10,12-14,26-28,30-31H,4-6,8,11,15-24H2,1-3H3,(H,40,48)(H,41,45)(H,42,47)/b13-7-/t26-,27+,30-,31-,39+/m0/s1. The molecular weight excluding hydrogens is 715 g/mol. The van der Waals surface area contributed by atoms with E-state index in [1.54, 1.807) is 25.7 Å². The first-order valence-electron chi connectivity index (χ1n) is 19.5. The number of alkyl carbamates (subject to hydrolysis) is 1. The zero-order valence-corrected chi connectivity index (χ0v) is 32.3. The van der Waals surface area contributed by atoms with Crippen molar-refractivity contribution in [1.29, 1.82) is 0 Å². The molecule has 6 aliphatic rings. The van der Waals surface area contributed by atoms with E-state index < -0.39 is 80.4 Å². The third-order valence-corrected chi connectivity index (χ3v) is 13.6. The summed E-state index contributed by atoms with van der Waals surface area (Å²) in [7, 11) is -3.90. The van der Waals surface area contributed by atoms with Crippen molar-refractivity contribution in [2.75, 3.05) is 13.1 Å². The van der Waals surface area contributed by atoms with E-state index in [-0.39, 0.29) is 24.8 Å². The van der Waals surface area contributed by atoms with Gasteiger partial charge in [0.2, 0.25) is 21.8 Å². The van der Waals surface area contributed by atoms with Crippen molar-refractivity contribution in [2.45, 2.75) is 144 Å². The average Bonchev–Trinajstić information content (AvgIpc) is 4.01. The molecule has 5 atom stereocenters. The fourth-order valence-corrected chi connectivity index (χ4v) is 9.93. The summed E-state index contributed by atoms with van der Waals surface area (Å²) in [6.07, 6.45) is 8.85. The van der Waals surface area contributed by atoms with Crippen LogP contribution in [0.5, 0.6) is 0 Å². The molecule has 3 aliphatic heterocycles. The van der Waals surface area contributed by atoms with E-state index in [4.69, 9.17) is 9.47 Å². The molecule has 7 rings (SSSR count). The molecule has 1 saturated heterocycles. The Bertz CT molecular complexity index is 1820. The molecule has 14 nitrogen and oxygen atoms in total. The maximum Gasteiger partial charge on any atom is 0.410 e. The van der Waals surface area contributed by atoms with Gasteiger partial charge in [-0.1, -0.05) is 55.7 Å². The van der Waals surface area contributed by atoms with Crippen molar-refractivity contribution in [1.82, 2.24) is 25.2 Å². The number of allylic oxidation sites excluding steroid dienone is 1. The molecule has 0 unspecified atom stereocenters. The Labute approximate surface area is 317 Å². The lowest BCUT2D eigenvalue weighted by atomic mass is 9.61. The van der Waals surface area contributed by atoms with E-state index in [1.807, 2.05) is 30.4 Å². The number of hydrogen-bond acceptors (Lipinski definition) is 9. The number of rotatable bonds is 5. The van der Waals surface area contributed by atoms with Gasteiger partial charge in [-0.05, 0) is 83.3 Å². The smallest absolute Gasteiger partial charge is 0.410 e. The Morgan fingerprint density at radius 2 is 1.76 bits per heavy atom. The summed E-state index contributed by atoms with van der Waals surface area (Å²) >= 11 is 0. The molecule has 0 bridgehead atoms. The van der Waals surface area contributed by atoms with Gasteiger partial charge in [0.15, 0.2) is 0 Å². The predicted molar refractivity (Wildman–Crippen MR) is 197 cm³/mol. The number of carbonyl (C=O) groups is 5. The monoisotopic (exact) mass is 767 g/mol. The maximum absolute atomic E-state index is 14.4. The van der Waals surface area contributed by atoms with Crippen LogP contribution in [0.2, 0.25) is 0 Å². The molecule has 3 aliphatic carbocycles. The van der Waals surface area contributed by atoms with Crippen molar-refractivity contribution in [2.24, 2.45) is 5.92 Å². The lowest BCUT2D eigenvalue weighted by Gasteiger charge is -2.49. The number of sulfonamides is 1. The van der Waals surface area contributed by atoms with E-state index in [1.165, 1.54) is 10.5 Å². The zero-order chi connectivity index (χ0) is 38.5. The second-order valence-electron chi connectivity index (χ2n) is 17.1. The summed E-state index contributed by atoms with van der Waals surface area (Å²) in [5.41, 5.74) is -0.107. The second-order valence-corrected chi connectivity index (χ2v) is 19.1. The number of amides is 5. The molecule has 0 aromatic heterocycles. The number of nitrogens with one attached hydrogen (secondary N) is 3. The highest BCUT2D eigenvalue weighted by atomic mass is 32.2. The van der Waals surface area contributed by atoms with Gasteiger partial charge in [0.1, 0.15) is 29.3 Å². The summed E-state index contributed by atoms with van der Waals surface area (Å²) in [5.74, 6) is -2.44. The van der Waals surface area contributed by atoms with E-state index in [0.29, 0.717) is 45.2 Å². The first kappa shape index (κ1) is 38.1. The summed E-state index contributed by atoms with van der Waals surface area (Å²) < 4.78 is 39.4. The van der Waals surface area contributed by atoms with Crippen LogP contribution in [0.1, 0.15) is 109 Å². The van der Waals surface area contributed by atoms with Crippen LogP contribution in [-0.4, -0.2) is 95.8 Å². The van der Waals surface area contributed by atoms with Crippen LogP contribution in [0.25, 0.3) is 0 Å². The van der Waals surface area contributed by atoms with E-state index >= 15 is 0 Å². The number of nitrogens with zero attached hydrogens (tertiary/aromatic N) is 2. The minimum atomic E-state index is -3.90. The van der Waals surface area contributed by atoms with Crippen molar-refractivity contribution in [3.8, 4) is 0 Å². The Morgan fingerprint density at radius 1 is 1.00 bits per heavy atom. The van der Waals surface area contributed by atoms with Gasteiger partial charge in [-0.15, -0.1) is 0 Å². The first-order chi connectivity index (χ1) is 25.6. The molecule has 3 saturated carbocycles. The molecule has 3 N–H and O–H groups in total. The molecule has 0 radical (unpaired) electrons. The largest absolute Gasteiger partial charge is 0.444 e. The van der Waals surface area contributed by atoms with Crippen LogP contribution in [-0.2, 0) is 45.8 Å². The van der Waals surface area contributed by atoms with Gasteiger partial charge in [-0.3, -0.25) is 19.1 Å². The van der Waals surface area contributed by atoms with Crippen LogP contribution < -0.4 is 15.4 Å². The van der Waals surface area contributed by atoms with Gasteiger partial charge in [0.05, 0.1) is 11.8 Å². The van der Waals surface area contributed by atoms with E-state index in [0.717, 1.165) is 37.7 Å². The first-order valence-corrected chi connectivity index (χ1v) is 21.0. The molecule has 5 amide bonds. The van der Waals surface area contributed by atoms with Crippen LogP contribution >= 0.6 is 0 Å². The lowest BCUT2D eigenvalue weighted by molar-refractivity contribution is -0.141. The van der Waals surface area contributed by atoms with Crippen molar-refractivity contribution >= 4 is 39.9 Å². The van der Waals surface area contributed by atoms with Gasteiger partial charge >= 0.3 is 12.2 Å². The van der Waals surface area contributed by atoms with Crippen molar-refractivity contribution in [3.05, 3.63) is 47.5 Å². The van der Waals surface area contributed by atoms with Crippen LogP contribution in [0, 0.1) is 5.92 Å². The fourth-order valence-electron chi connectivity index (χ4n) is 8.56. The normalized spacial score (nSPS) is 30.2. The molecule has 294 valence electrons. The molecule has 1 aromatic carbocycles. The molecule has 1 spiro atoms. The van der Waals surface area contributed by atoms with Crippen LogP contribution in [0.15, 0.2) is 36.4 Å². The summed E-state index contributed by atoms with van der Waals surface area (Å²) in [6, 6.07) is 5.96. The maximum atomic E-state index is 14.4. The van der Waals surface area contributed by atoms with Gasteiger partial charge in [-0.2, -0.15) is 0 Å². The highest BCUT2D eigenvalue weighted by Gasteiger charge is 2.62. The topological polar surface area (TPSA) is 181 Å². The van der Waals surface area contributed by atoms with Crippen LogP contribution in [0.3, 0.4) is 0 Å². The number of ether oxygens (including phenoxy) is 2. The summed E-state index contributed by atoms with van der Waals surface area (Å²) in [5, 5.41) is 4.94. The minimum absolute atomic E-state index is 0.0450. The summed E-state index contributed by atoms with van der Waals surface area (Å²) in [4.78, 5) is 72.3. The third kappa shape index (κ3) is 7.97. The number of fused-ring (bicyclic) bond motifs is 4. The van der Waals surface area contributed by atoms with Gasteiger partial charge in [-0.25, -0.2) is 18.0 Å². The molecule has 15 heteroatoms. The predicted octanol–water partition coefficient (Wildman–Crippen LogP) is 3.93. The molecule has 4 fully saturated rings. The van der Waals surface area contributed by atoms with E-state index in [2.05, 4.69) is 21.4 Å². The third-order valence-electron chi connectivity index (χ3n) is 11.8. The SMILES string of the molecule is CC(C)(C)OC(=O)N[C@H]1CCCCC/C=C\[C@H]2C[C@@]2(C(=O)NS(=O)(=O)C2CC2)NC(=O)[C@@H]2C[C@@H](OC(=O)N3Cc4ccccc4C4(CCC4)C3)CN2C1=O. The van der Waals surface area contributed by atoms with Crippen molar-refractivity contribution < 1.29 is 41.9 Å². The molecule has 3 heterocycles. The number of benzene rings is 1. The highest BCUT2D eigenvalue weighted by molar-refractivity contribution is 7.91. The Kier molecular flexibility index (Phi) is 10.2. The Hall–Kier alpha value is -4.14. The van der Waals surface area contributed by atoms with Gasteiger partial charge in [0, 0.05) is 30.8 Å². The molecular formula is C39H53N5O9S. The van der Waals surface area contributed by atoms with Gasteiger partial charge in [0.25, 0.3) is 5.91 Å². The zero-order valence-electron chi connectivity index (χ0n) is 31.4. The molecule has 1 aromatic rings.